The quantitative estimate of drug-likeness (QED) is 0.799. The number of anilines is 1. The number of benzene rings is 2. The summed E-state index contributed by atoms with van der Waals surface area (Å²) in [6.45, 7) is 3.53. The molecule has 1 N–H and O–H groups in total. The van der Waals surface area contributed by atoms with Gasteiger partial charge >= 0.3 is 0 Å². The highest BCUT2D eigenvalue weighted by Gasteiger charge is 2.02. The van der Waals surface area contributed by atoms with E-state index in [2.05, 4.69) is 41.6 Å². The third-order valence-electron chi connectivity index (χ3n) is 3.47. The summed E-state index contributed by atoms with van der Waals surface area (Å²) in [5.74, 6) is 0. The van der Waals surface area contributed by atoms with Crippen molar-refractivity contribution >= 4 is 16.6 Å². The molecule has 0 atom stereocenters. The Balaban J connectivity index is 1.75. The monoisotopic (exact) mass is 279 g/mol. The number of para-hydroxylation sites is 1. The number of aryl methyl sites for hydroxylation is 1. The molecule has 0 saturated heterocycles. The molecule has 0 unspecified atom stereocenters. The van der Waals surface area contributed by atoms with Crippen LogP contribution in [0.1, 0.15) is 5.56 Å². The lowest BCUT2D eigenvalue weighted by atomic mass is 10.2. The van der Waals surface area contributed by atoms with Gasteiger partial charge in [-0.3, -0.25) is 9.48 Å². The van der Waals surface area contributed by atoms with E-state index in [1.165, 1.54) is 11.8 Å². The van der Waals surface area contributed by atoms with Gasteiger partial charge in [-0.15, -0.1) is 0 Å². The van der Waals surface area contributed by atoms with E-state index in [0.29, 0.717) is 11.9 Å². The second kappa shape index (κ2) is 5.79. The summed E-state index contributed by atoms with van der Waals surface area (Å²) in [7, 11) is 0. The van der Waals surface area contributed by atoms with Gasteiger partial charge in [0.1, 0.15) is 0 Å². The van der Waals surface area contributed by atoms with Gasteiger partial charge in [0.15, 0.2) is 0 Å². The number of nitrogens with zero attached hydrogens (tertiary/aromatic N) is 2. The van der Waals surface area contributed by atoms with Gasteiger partial charge in [0.25, 0.3) is 0 Å². The zero-order chi connectivity index (χ0) is 14.7. The Morgan fingerprint density at radius 3 is 2.67 bits per heavy atom. The van der Waals surface area contributed by atoms with Crippen LogP contribution in [-0.4, -0.2) is 16.3 Å². The number of rotatable bonds is 4. The molecule has 4 nitrogen and oxygen atoms in total. The Hall–Kier alpha value is -2.62. The minimum absolute atomic E-state index is 0.0339. The average Bonchev–Trinajstić information content (AvgIpc) is 2.52. The zero-order valence-corrected chi connectivity index (χ0v) is 11.9. The van der Waals surface area contributed by atoms with E-state index in [0.717, 1.165) is 17.7 Å². The fourth-order valence-corrected chi connectivity index (χ4v) is 2.32. The van der Waals surface area contributed by atoms with Crippen LogP contribution in [0.2, 0.25) is 0 Å². The molecule has 1 aromatic heterocycles. The topological polar surface area (TPSA) is 46.9 Å². The van der Waals surface area contributed by atoms with E-state index < -0.39 is 0 Å². The third-order valence-corrected chi connectivity index (χ3v) is 3.47. The van der Waals surface area contributed by atoms with Crippen LogP contribution in [-0.2, 0) is 6.54 Å². The molecule has 21 heavy (non-hydrogen) atoms. The fourth-order valence-electron chi connectivity index (χ4n) is 2.32. The highest BCUT2D eigenvalue weighted by Crippen LogP contribution is 2.10. The first-order valence-electron chi connectivity index (χ1n) is 6.99. The average molecular weight is 279 g/mol. The van der Waals surface area contributed by atoms with E-state index in [9.17, 15) is 4.79 Å². The minimum Gasteiger partial charge on any atom is -0.383 e. The first-order valence-corrected chi connectivity index (χ1v) is 6.99. The van der Waals surface area contributed by atoms with E-state index in [-0.39, 0.29) is 5.43 Å². The molecule has 3 aromatic rings. The molecule has 0 spiro atoms. The van der Waals surface area contributed by atoms with Crippen molar-refractivity contribution in [1.29, 1.82) is 0 Å². The summed E-state index contributed by atoms with van der Waals surface area (Å²) >= 11 is 0. The fraction of sp³-hybridized carbons (Fsp3) is 0.176. The smallest absolute Gasteiger partial charge is 0.207 e. The molecular formula is C17H17N3O. The van der Waals surface area contributed by atoms with Crippen LogP contribution in [0.3, 0.4) is 0 Å². The van der Waals surface area contributed by atoms with Crippen LogP contribution in [0.5, 0.6) is 0 Å². The Kier molecular flexibility index (Phi) is 3.69. The Morgan fingerprint density at radius 1 is 1.10 bits per heavy atom. The highest BCUT2D eigenvalue weighted by molar-refractivity contribution is 5.77. The Bertz CT molecular complexity index is 806. The normalized spacial score (nSPS) is 10.7. The molecule has 2 aromatic carbocycles. The summed E-state index contributed by atoms with van der Waals surface area (Å²) in [5, 5.41) is 8.29. The van der Waals surface area contributed by atoms with Crippen LogP contribution in [0.4, 0.5) is 5.69 Å². The first kappa shape index (κ1) is 13.4. The highest BCUT2D eigenvalue weighted by atomic mass is 16.1. The molecule has 0 aliphatic rings. The molecule has 0 saturated carbocycles. The van der Waals surface area contributed by atoms with Gasteiger partial charge in [-0.1, -0.05) is 29.8 Å². The molecule has 4 heteroatoms. The van der Waals surface area contributed by atoms with Gasteiger partial charge in [-0.2, -0.15) is 5.10 Å². The molecular weight excluding hydrogens is 262 g/mol. The second-order valence-electron chi connectivity index (χ2n) is 5.04. The maximum Gasteiger partial charge on any atom is 0.207 e. The van der Waals surface area contributed by atoms with Crippen molar-refractivity contribution < 1.29 is 0 Å². The standard InChI is InChI=1S/C17H17N3O/c1-13-6-8-14(9-7-13)18-10-11-20-16-5-3-2-4-15(16)17(21)12-19-20/h2-9,12,18H,10-11H2,1H3. The number of hydrogen-bond donors (Lipinski definition) is 1. The lowest BCUT2D eigenvalue weighted by molar-refractivity contribution is 0.646. The van der Waals surface area contributed by atoms with Crippen molar-refractivity contribution in [2.75, 3.05) is 11.9 Å². The largest absolute Gasteiger partial charge is 0.383 e. The summed E-state index contributed by atoms with van der Waals surface area (Å²) < 4.78 is 1.86. The molecule has 1 heterocycles. The van der Waals surface area contributed by atoms with Crippen molar-refractivity contribution in [1.82, 2.24) is 9.78 Å². The number of aromatic nitrogens is 2. The van der Waals surface area contributed by atoms with Crippen molar-refractivity contribution in [2.24, 2.45) is 0 Å². The molecule has 0 radical (unpaired) electrons. The molecule has 0 aliphatic heterocycles. The molecule has 3 rings (SSSR count). The Morgan fingerprint density at radius 2 is 1.86 bits per heavy atom. The van der Waals surface area contributed by atoms with Gasteiger partial charge < -0.3 is 5.32 Å². The molecule has 0 amide bonds. The maximum absolute atomic E-state index is 11.8. The van der Waals surface area contributed by atoms with Gasteiger partial charge in [-0.25, -0.2) is 0 Å². The summed E-state index contributed by atoms with van der Waals surface area (Å²) in [5.41, 5.74) is 3.17. The van der Waals surface area contributed by atoms with E-state index in [4.69, 9.17) is 0 Å². The molecule has 106 valence electrons. The SMILES string of the molecule is Cc1ccc(NCCn2ncc(=O)c3ccccc32)cc1. The second-order valence-corrected chi connectivity index (χ2v) is 5.04. The van der Waals surface area contributed by atoms with Gasteiger partial charge in [-0.05, 0) is 31.2 Å². The summed E-state index contributed by atoms with van der Waals surface area (Å²) in [6.07, 6.45) is 1.38. The van der Waals surface area contributed by atoms with Gasteiger partial charge in [0.2, 0.25) is 5.43 Å². The van der Waals surface area contributed by atoms with Crippen molar-refractivity contribution in [3.63, 3.8) is 0 Å². The number of nitrogens with one attached hydrogen (secondary N) is 1. The van der Waals surface area contributed by atoms with Crippen LogP contribution in [0, 0.1) is 6.92 Å². The predicted molar refractivity (Wildman–Crippen MR) is 85.7 cm³/mol. The van der Waals surface area contributed by atoms with E-state index >= 15 is 0 Å². The summed E-state index contributed by atoms with van der Waals surface area (Å²) in [4.78, 5) is 11.8. The van der Waals surface area contributed by atoms with Crippen LogP contribution in [0.25, 0.3) is 10.9 Å². The van der Waals surface area contributed by atoms with Crippen LogP contribution < -0.4 is 10.7 Å². The van der Waals surface area contributed by atoms with Gasteiger partial charge in [0.05, 0.1) is 18.3 Å². The van der Waals surface area contributed by atoms with Crippen molar-refractivity contribution in [3.8, 4) is 0 Å². The Labute approximate surface area is 123 Å². The lowest BCUT2D eigenvalue weighted by Crippen LogP contribution is -2.17. The summed E-state index contributed by atoms with van der Waals surface area (Å²) in [6, 6.07) is 15.8. The van der Waals surface area contributed by atoms with Gasteiger partial charge in [0, 0.05) is 17.6 Å². The van der Waals surface area contributed by atoms with Crippen LogP contribution >= 0.6 is 0 Å². The minimum atomic E-state index is -0.0339. The molecule has 0 bridgehead atoms. The molecule has 0 aliphatic carbocycles. The third kappa shape index (κ3) is 2.94. The van der Waals surface area contributed by atoms with Crippen molar-refractivity contribution in [3.05, 3.63) is 70.5 Å². The molecule has 0 fully saturated rings. The lowest BCUT2D eigenvalue weighted by Gasteiger charge is -2.11. The van der Waals surface area contributed by atoms with E-state index in [1.54, 1.807) is 0 Å². The number of hydrogen-bond acceptors (Lipinski definition) is 3. The zero-order valence-electron chi connectivity index (χ0n) is 11.9. The first-order chi connectivity index (χ1) is 10.2. The van der Waals surface area contributed by atoms with Crippen molar-refractivity contribution in [2.45, 2.75) is 13.5 Å². The van der Waals surface area contributed by atoms with Crippen LogP contribution in [0.15, 0.2) is 59.5 Å². The van der Waals surface area contributed by atoms with E-state index in [1.807, 2.05) is 28.9 Å². The maximum atomic E-state index is 11.8. The predicted octanol–water partition coefficient (Wildman–Crippen LogP) is 2.82. The number of fused-ring (bicyclic) bond motifs is 1.